The summed E-state index contributed by atoms with van der Waals surface area (Å²) in [5.74, 6) is -3.10. The monoisotopic (exact) mass is 558 g/mol. The van der Waals surface area contributed by atoms with Crippen molar-refractivity contribution in [1.82, 2.24) is 10.2 Å². The largest absolute Gasteiger partial charge is 0.480 e. The highest BCUT2D eigenvalue weighted by atomic mass is 16.5. The third kappa shape index (κ3) is 6.22. The highest BCUT2D eigenvalue weighted by Crippen LogP contribution is 2.44. The van der Waals surface area contributed by atoms with Crippen LogP contribution < -0.4 is 5.32 Å². The molecule has 0 aromatic heterocycles. The Morgan fingerprint density at radius 1 is 0.878 bits per heavy atom. The fraction of sp³-hybridized carbons (Fsp3) is 0.290. The third-order valence-electron chi connectivity index (χ3n) is 7.39. The van der Waals surface area contributed by atoms with Gasteiger partial charge < -0.3 is 29.9 Å². The Morgan fingerprint density at radius 3 is 2.12 bits per heavy atom. The van der Waals surface area contributed by atoms with Gasteiger partial charge in [0.05, 0.1) is 12.5 Å². The fourth-order valence-corrected chi connectivity index (χ4v) is 5.44. The number of carbonyl (C=O) groups is 4. The SMILES string of the molecule is O=C(C[C@H](NC(=O)OCC1c2ccccc2-c2ccccc21)C(=O)N1C[C@H](O)C[C@@H]1C(=O)O)OCc1ccccc1. The van der Waals surface area contributed by atoms with Gasteiger partial charge in [0, 0.05) is 18.9 Å². The number of fused-ring (bicyclic) bond motifs is 3. The molecule has 0 spiro atoms. The minimum atomic E-state index is -1.46. The number of likely N-dealkylation sites (tertiary alicyclic amines) is 1. The van der Waals surface area contributed by atoms with E-state index in [1.54, 1.807) is 24.3 Å². The van der Waals surface area contributed by atoms with Gasteiger partial charge in [-0.25, -0.2) is 9.59 Å². The first-order valence-electron chi connectivity index (χ1n) is 13.3. The lowest BCUT2D eigenvalue weighted by atomic mass is 9.98. The van der Waals surface area contributed by atoms with Crippen LogP contribution in [0.3, 0.4) is 0 Å². The Hall–Kier alpha value is -4.70. The second kappa shape index (κ2) is 12.2. The lowest BCUT2D eigenvalue weighted by Gasteiger charge is -2.26. The predicted octanol–water partition coefficient (Wildman–Crippen LogP) is 3.07. The van der Waals surface area contributed by atoms with Gasteiger partial charge in [0.15, 0.2) is 0 Å². The quantitative estimate of drug-likeness (QED) is 0.340. The highest BCUT2D eigenvalue weighted by Gasteiger charge is 2.42. The molecule has 1 aliphatic carbocycles. The number of aliphatic carboxylic acids is 1. The summed E-state index contributed by atoms with van der Waals surface area (Å²) in [4.78, 5) is 51.8. The smallest absolute Gasteiger partial charge is 0.407 e. The van der Waals surface area contributed by atoms with Gasteiger partial charge >= 0.3 is 18.0 Å². The van der Waals surface area contributed by atoms with Crippen LogP contribution >= 0.6 is 0 Å². The lowest BCUT2D eigenvalue weighted by molar-refractivity contribution is -0.151. The first kappa shape index (κ1) is 27.9. The Labute approximate surface area is 236 Å². The van der Waals surface area contributed by atoms with Crippen LogP contribution in [0.1, 0.15) is 35.4 Å². The summed E-state index contributed by atoms with van der Waals surface area (Å²) in [6.07, 6.45) is -2.68. The molecule has 0 saturated carbocycles. The van der Waals surface area contributed by atoms with E-state index in [9.17, 15) is 29.4 Å². The maximum atomic E-state index is 13.4. The molecule has 0 radical (unpaired) electrons. The molecule has 212 valence electrons. The van der Waals surface area contributed by atoms with Crippen LogP contribution in [0.2, 0.25) is 0 Å². The summed E-state index contributed by atoms with van der Waals surface area (Å²) in [6, 6.07) is 21.9. The second-order valence-corrected chi connectivity index (χ2v) is 10.1. The summed E-state index contributed by atoms with van der Waals surface area (Å²) < 4.78 is 10.9. The van der Waals surface area contributed by atoms with Crippen LogP contribution in [0.25, 0.3) is 11.1 Å². The lowest BCUT2D eigenvalue weighted by Crippen LogP contribution is -2.52. The van der Waals surface area contributed by atoms with E-state index in [1.165, 1.54) is 0 Å². The van der Waals surface area contributed by atoms with Gasteiger partial charge in [-0.05, 0) is 27.8 Å². The van der Waals surface area contributed by atoms with Gasteiger partial charge in [-0.1, -0.05) is 78.9 Å². The number of rotatable bonds is 9. The molecule has 1 aliphatic heterocycles. The number of hydrogen-bond acceptors (Lipinski definition) is 7. The molecule has 3 aromatic carbocycles. The molecule has 41 heavy (non-hydrogen) atoms. The molecule has 3 N–H and O–H groups in total. The molecule has 3 aromatic rings. The number of benzene rings is 3. The van der Waals surface area contributed by atoms with Crippen molar-refractivity contribution in [2.75, 3.05) is 13.2 Å². The number of hydrogen-bond donors (Lipinski definition) is 3. The average Bonchev–Trinajstić information content (AvgIpc) is 3.53. The van der Waals surface area contributed by atoms with Gasteiger partial charge in [0.2, 0.25) is 5.91 Å². The zero-order valence-electron chi connectivity index (χ0n) is 22.1. The van der Waals surface area contributed by atoms with Crippen molar-refractivity contribution in [1.29, 1.82) is 0 Å². The summed E-state index contributed by atoms with van der Waals surface area (Å²) in [6.45, 7) is -0.289. The number of nitrogens with zero attached hydrogens (tertiary/aromatic N) is 1. The topological polar surface area (TPSA) is 142 Å². The van der Waals surface area contributed by atoms with Crippen molar-refractivity contribution in [2.24, 2.45) is 0 Å². The van der Waals surface area contributed by atoms with Gasteiger partial charge in [-0.15, -0.1) is 0 Å². The summed E-state index contributed by atoms with van der Waals surface area (Å²) in [5.41, 5.74) is 4.86. The van der Waals surface area contributed by atoms with Crippen molar-refractivity contribution in [3.63, 3.8) is 0 Å². The Balaban J connectivity index is 1.28. The van der Waals surface area contributed by atoms with E-state index in [2.05, 4.69) is 5.32 Å². The molecule has 2 aliphatic rings. The Kier molecular flexibility index (Phi) is 8.30. The zero-order chi connectivity index (χ0) is 28.9. The Bertz CT molecular complexity index is 1400. The minimum Gasteiger partial charge on any atom is -0.480 e. The van der Waals surface area contributed by atoms with Crippen LogP contribution in [0.15, 0.2) is 78.9 Å². The summed E-state index contributed by atoms with van der Waals surface area (Å²) in [7, 11) is 0. The van der Waals surface area contributed by atoms with Crippen molar-refractivity contribution < 1.29 is 38.9 Å². The molecule has 10 heteroatoms. The van der Waals surface area contributed by atoms with Crippen molar-refractivity contribution in [3.05, 3.63) is 95.6 Å². The number of amides is 2. The molecule has 1 fully saturated rings. The molecular weight excluding hydrogens is 528 g/mol. The zero-order valence-corrected chi connectivity index (χ0v) is 22.1. The highest BCUT2D eigenvalue weighted by molar-refractivity contribution is 5.92. The number of aliphatic hydroxyl groups excluding tert-OH is 1. The third-order valence-corrected chi connectivity index (χ3v) is 7.39. The number of carboxylic acids is 1. The van der Waals surface area contributed by atoms with Crippen LogP contribution in [0, 0.1) is 0 Å². The summed E-state index contributed by atoms with van der Waals surface area (Å²) >= 11 is 0. The van der Waals surface area contributed by atoms with Gasteiger partial charge in [0.25, 0.3) is 0 Å². The number of ether oxygens (including phenoxy) is 2. The molecule has 1 saturated heterocycles. The van der Waals surface area contributed by atoms with Crippen molar-refractivity contribution in [3.8, 4) is 11.1 Å². The predicted molar refractivity (Wildman–Crippen MR) is 147 cm³/mol. The van der Waals surface area contributed by atoms with Gasteiger partial charge in [-0.3, -0.25) is 9.59 Å². The molecule has 0 bridgehead atoms. The number of aliphatic hydroxyl groups is 1. The van der Waals surface area contributed by atoms with E-state index in [-0.39, 0.29) is 32.1 Å². The molecule has 2 amide bonds. The molecule has 1 heterocycles. The van der Waals surface area contributed by atoms with Gasteiger partial charge in [-0.2, -0.15) is 0 Å². The number of β-amino-alcohol motifs (C(OH)–C–C–N with tert-alkyl or cyclic N) is 1. The number of carboxylic acid groups (broad SMARTS) is 1. The molecular formula is C31H30N2O8. The number of carbonyl (C=O) groups excluding carboxylic acids is 3. The first-order chi connectivity index (χ1) is 19.8. The van der Waals surface area contributed by atoms with E-state index in [0.717, 1.165) is 32.7 Å². The maximum absolute atomic E-state index is 13.4. The molecule has 5 rings (SSSR count). The normalized spacial score (nSPS) is 18.2. The molecule has 10 nitrogen and oxygen atoms in total. The number of nitrogens with one attached hydrogen (secondary N) is 1. The van der Waals surface area contributed by atoms with Crippen molar-refractivity contribution >= 4 is 23.9 Å². The Morgan fingerprint density at radius 2 is 1.49 bits per heavy atom. The van der Waals surface area contributed by atoms with E-state index in [4.69, 9.17) is 9.47 Å². The number of alkyl carbamates (subject to hydrolysis) is 1. The van der Waals surface area contributed by atoms with E-state index < -0.39 is 48.5 Å². The molecule has 3 atom stereocenters. The van der Waals surface area contributed by atoms with E-state index >= 15 is 0 Å². The standard InChI is InChI=1S/C31H30N2O8/c34-20-14-27(30(37)38)33(16-20)29(36)26(15-28(35)40-17-19-8-2-1-3-9-19)32-31(39)41-18-25-23-12-6-4-10-21(23)22-11-5-7-13-24(22)25/h1-13,20,25-27,34H,14-18H2,(H,32,39)(H,37,38)/t20-,26+,27-/m1/s1. The van der Waals surface area contributed by atoms with Gasteiger partial charge in [0.1, 0.15) is 25.3 Å². The first-order valence-corrected chi connectivity index (χ1v) is 13.3. The number of esters is 1. The minimum absolute atomic E-state index is 0.0145. The van der Waals surface area contributed by atoms with Crippen LogP contribution in [0.4, 0.5) is 4.79 Å². The maximum Gasteiger partial charge on any atom is 0.407 e. The van der Waals surface area contributed by atoms with Crippen molar-refractivity contribution in [2.45, 2.75) is 43.6 Å². The average molecular weight is 559 g/mol. The summed E-state index contributed by atoms with van der Waals surface area (Å²) in [5, 5.41) is 22.0. The fourth-order valence-electron chi connectivity index (χ4n) is 5.44. The van der Waals surface area contributed by atoms with Crippen LogP contribution in [0.5, 0.6) is 0 Å². The van der Waals surface area contributed by atoms with E-state index in [1.807, 2.05) is 54.6 Å². The van der Waals surface area contributed by atoms with E-state index in [0.29, 0.717) is 0 Å². The van der Waals surface area contributed by atoms with Crippen LogP contribution in [-0.4, -0.2) is 70.4 Å². The van der Waals surface area contributed by atoms with Crippen LogP contribution in [-0.2, 0) is 30.5 Å². The molecule has 0 unspecified atom stereocenters. The second-order valence-electron chi connectivity index (χ2n) is 10.1.